The van der Waals surface area contributed by atoms with E-state index < -0.39 is 0 Å². The van der Waals surface area contributed by atoms with Gasteiger partial charge in [0.05, 0.1) is 11.7 Å². The number of carbonyl (C=O) groups excluding carboxylic acids is 1. The largest absolute Gasteiger partial charge is 0.459 e. The molecule has 4 rings (SSSR count). The molecule has 0 bridgehead atoms. The van der Waals surface area contributed by atoms with Crippen molar-refractivity contribution >= 4 is 16.9 Å². The lowest BCUT2D eigenvalue weighted by atomic mass is 10.2. The molecule has 1 amide bonds. The van der Waals surface area contributed by atoms with E-state index in [0.29, 0.717) is 17.3 Å². The second-order valence-corrected chi connectivity index (χ2v) is 6.65. The van der Waals surface area contributed by atoms with Crippen molar-refractivity contribution in [2.24, 2.45) is 0 Å². The summed E-state index contributed by atoms with van der Waals surface area (Å²) in [7, 11) is 1.69. The second kappa shape index (κ2) is 6.92. The van der Waals surface area contributed by atoms with E-state index in [1.54, 1.807) is 31.0 Å². The lowest BCUT2D eigenvalue weighted by Gasteiger charge is -2.21. The maximum Gasteiger partial charge on any atom is 0.293 e. The number of carbonyl (C=O) groups is 1. The van der Waals surface area contributed by atoms with Gasteiger partial charge in [-0.15, -0.1) is 5.10 Å². The van der Waals surface area contributed by atoms with Gasteiger partial charge in [0.2, 0.25) is 5.82 Å². The Morgan fingerprint density at radius 1 is 1.18 bits per heavy atom. The van der Waals surface area contributed by atoms with E-state index in [1.807, 2.05) is 37.3 Å². The highest BCUT2D eigenvalue weighted by atomic mass is 19.1. The summed E-state index contributed by atoms with van der Waals surface area (Å²) in [6.07, 6.45) is 0. The summed E-state index contributed by atoms with van der Waals surface area (Å²) in [5, 5.41) is 5.30. The summed E-state index contributed by atoms with van der Waals surface area (Å²) < 4.78 is 20.5. The van der Waals surface area contributed by atoms with Gasteiger partial charge in [-0.25, -0.2) is 14.1 Å². The number of aryl methyl sites for hydroxylation is 1. The zero-order chi connectivity index (χ0) is 19.8. The molecule has 0 aliphatic carbocycles. The van der Waals surface area contributed by atoms with Gasteiger partial charge in [0.1, 0.15) is 23.0 Å². The molecule has 0 radical (unpaired) electrons. The number of para-hydroxylation sites is 1. The number of benzene rings is 2. The summed E-state index contributed by atoms with van der Waals surface area (Å²) in [5.74, 6) is 0.646. The van der Waals surface area contributed by atoms with Crippen LogP contribution in [-0.4, -0.2) is 32.6 Å². The Bertz CT molecular complexity index is 1110. The van der Waals surface area contributed by atoms with E-state index in [0.717, 1.165) is 11.0 Å². The van der Waals surface area contributed by atoms with Gasteiger partial charge in [0, 0.05) is 12.4 Å². The van der Waals surface area contributed by atoms with Crippen LogP contribution in [-0.2, 0) is 0 Å². The second-order valence-electron chi connectivity index (χ2n) is 6.65. The lowest BCUT2D eigenvalue weighted by molar-refractivity contribution is 0.0715. The molecule has 0 unspecified atom stereocenters. The van der Waals surface area contributed by atoms with Crippen molar-refractivity contribution in [1.29, 1.82) is 0 Å². The standard InChI is InChI=1S/C21H19FN4O2/c1-13(19-12-15-6-4-5-7-18(15)28-19)25(3)21(27)20-23-14(2)26(24-20)17-10-8-16(22)9-11-17/h4-13H,1-3H3/t13-/m0/s1. The van der Waals surface area contributed by atoms with Gasteiger partial charge in [0.25, 0.3) is 5.91 Å². The predicted octanol–water partition coefficient (Wildman–Crippen LogP) is 4.29. The van der Waals surface area contributed by atoms with Crippen LogP contribution in [0.4, 0.5) is 4.39 Å². The van der Waals surface area contributed by atoms with Gasteiger partial charge in [-0.2, -0.15) is 0 Å². The molecule has 0 N–H and O–H groups in total. The molecule has 0 saturated carbocycles. The summed E-state index contributed by atoms with van der Waals surface area (Å²) in [4.78, 5) is 18.7. The van der Waals surface area contributed by atoms with Crippen LogP contribution in [0, 0.1) is 12.7 Å². The van der Waals surface area contributed by atoms with Gasteiger partial charge < -0.3 is 9.32 Å². The van der Waals surface area contributed by atoms with Gasteiger partial charge >= 0.3 is 0 Å². The molecule has 7 heteroatoms. The first kappa shape index (κ1) is 17.9. The summed E-state index contributed by atoms with van der Waals surface area (Å²) in [5.41, 5.74) is 1.41. The fourth-order valence-corrected chi connectivity index (χ4v) is 3.04. The number of furan rings is 1. The molecule has 1 atom stereocenters. The van der Waals surface area contributed by atoms with Crippen LogP contribution in [0.2, 0.25) is 0 Å². The molecule has 142 valence electrons. The van der Waals surface area contributed by atoms with E-state index in [9.17, 15) is 9.18 Å². The Labute approximate surface area is 161 Å². The first-order valence-electron chi connectivity index (χ1n) is 8.89. The number of rotatable bonds is 4. The van der Waals surface area contributed by atoms with E-state index in [4.69, 9.17) is 4.42 Å². The molecule has 2 aromatic heterocycles. The summed E-state index contributed by atoms with van der Waals surface area (Å²) in [6.45, 7) is 3.63. The molecule has 0 saturated heterocycles. The van der Waals surface area contributed by atoms with E-state index in [1.165, 1.54) is 16.8 Å². The smallest absolute Gasteiger partial charge is 0.293 e. The first-order chi connectivity index (χ1) is 13.4. The van der Waals surface area contributed by atoms with Crippen LogP contribution >= 0.6 is 0 Å². The Balaban J connectivity index is 1.59. The van der Waals surface area contributed by atoms with Crippen molar-refractivity contribution in [3.63, 3.8) is 0 Å². The van der Waals surface area contributed by atoms with Crippen molar-refractivity contribution in [1.82, 2.24) is 19.7 Å². The van der Waals surface area contributed by atoms with Crippen LogP contribution in [0.25, 0.3) is 16.7 Å². The SMILES string of the molecule is Cc1nc(C(=O)N(C)[C@@H](C)c2cc3ccccc3o2)nn1-c1ccc(F)cc1. The topological polar surface area (TPSA) is 64.2 Å². The van der Waals surface area contributed by atoms with Gasteiger partial charge in [-0.1, -0.05) is 18.2 Å². The van der Waals surface area contributed by atoms with Crippen LogP contribution in [0.15, 0.2) is 59.0 Å². The van der Waals surface area contributed by atoms with Gasteiger partial charge in [-0.3, -0.25) is 4.79 Å². The zero-order valence-corrected chi connectivity index (χ0v) is 15.8. The average Bonchev–Trinajstić information content (AvgIpc) is 3.30. The molecule has 0 aliphatic rings. The fraction of sp³-hybridized carbons (Fsp3) is 0.190. The molecule has 2 aromatic carbocycles. The Hall–Kier alpha value is -3.48. The minimum absolute atomic E-state index is 0.0762. The molecule has 0 spiro atoms. The predicted molar refractivity (Wildman–Crippen MR) is 103 cm³/mol. The third kappa shape index (κ3) is 3.15. The van der Waals surface area contributed by atoms with Crippen LogP contribution < -0.4 is 0 Å². The van der Waals surface area contributed by atoms with Crippen molar-refractivity contribution in [2.45, 2.75) is 19.9 Å². The highest BCUT2D eigenvalue weighted by Gasteiger charge is 2.25. The highest BCUT2D eigenvalue weighted by Crippen LogP contribution is 2.27. The lowest BCUT2D eigenvalue weighted by Crippen LogP contribution is -2.30. The number of halogens is 1. The zero-order valence-electron chi connectivity index (χ0n) is 15.8. The van der Waals surface area contributed by atoms with Crippen molar-refractivity contribution in [3.8, 4) is 5.69 Å². The molecule has 28 heavy (non-hydrogen) atoms. The number of hydrogen-bond acceptors (Lipinski definition) is 4. The highest BCUT2D eigenvalue weighted by molar-refractivity contribution is 5.90. The van der Waals surface area contributed by atoms with Crippen LogP contribution in [0.3, 0.4) is 0 Å². The number of fused-ring (bicyclic) bond motifs is 1. The van der Waals surface area contributed by atoms with Crippen molar-refractivity contribution in [3.05, 3.63) is 77.8 Å². The van der Waals surface area contributed by atoms with Crippen LogP contribution in [0.5, 0.6) is 0 Å². The minimum atomic E-state index is -0.336. The fourth-order valence-electron chi connectivity index (χ4n) is 3.04. The van der Waals surface area contributed by atoms with Crippen LogP contribution in [0.1, 0.15) is 35.2 Å². The van der Waals surface area contributed by atoms with Gasteiger partial charge in [0.15, 0.2) is 0 Å². The molecule has 6 nitrogen and oxygen atoms in total. The molecule has 4 aromatic rings. The van der Waals surface area contributed by atoms with Crippen molar-refractivity contribution < 1.29 is 13.6 Å². The number of nitrogens with zero attached hydrogens (tertiary/aromatic N) is 4. The van der Waals surface area contributed by atoms with E-state index in [-0.39, 0.29) is 23.6 Å². The monoisotopic (exact) mass is 378 g/mol. The van der Waals surface area contributed by atoms with E-state index in [2.05, 4.69) is 10.1 Å². The third-order valence-electron chi connectivity index (χ3n) is 4.79. The first-order valence-corrected chi connectivity index (χ1v) is 8.89. The molecular formula is C21H19FN4O2. The summed E-state index contributed by atoms with van der Waals surface area (Å²) in [6, 6.07) is 15.2. The molecule has 2 heterocycles. The van der Waals surface area contributed by atoms with Crippen molar-refractivity contribution in [2.75, 3.05) is 7.05 Å². The quantitative estimate of drug-likeness (QED) is 0.531. The normalized spacial score (nSPS) is 12.3. The molecule has 0 fully saturated rings. The number of amides is 1. The molecule has 0 aliphatic heterocycles. The summed E-state index contributed by atoms with van der Waals surface area (Å²) >= 11 is 0. The Morgan fingerprint density at radius 3 is 2.61 bits per heavy atom. The minimum Gasteiger partial charge on any atom is -0.459 e. The molecular weight excluding hydrogens is 359 g/mol. The van der Waals surface area contributed by atoms with E-state index >= 15 is 0 Å². The Morgan fingerprint density at radius 2 is 1.89 bits per heavy atom. The Kier molecular flexibility index (Phi) is 4.43. The third-order valence-corrected chi connectivity index (χ3v) is 4.79. The van der Waals surface area contributed by atoms with Gasteiger partial charge in [-0.05, 0) is 50.2 Å². The number of aromatic nitrogens is 3. The average molecular weight is 378 g/mol. The maximum absolute atomic E-state index is 13.2. The number of hydrogen-bond donors (Lipinski definition) is 0. The maximum atomic E-state index is 13.2.